The monoisotopic (exact) mass is 336 g/mol. The third-order valence-corrected chi connectivity index (χ3v) is 4.62. The summed E-state index contributed by atoms with van der Waals surface area (Å²) in [4.78, 5) is 14.3. The predicted molar refractivity (Wildman–Crippen MR) is 93.6 cm³/mol. The van der Waals surface area contributed by atoms with Crippen LogP contribution in [0.1, 0.15) is 38.2 Å². The van der Waals surface area contributed by atoms with Crippen LogP contribution >= 0.6 is 0 Å². The van der Waals surface area contributed by atoms with Crippen LogP contribution in [-0.4, -0.2) is 38.1 Å². The van der Waals surface area contributed by atoms with E-state index in [0.29, 0.717) is 11.7 Å². The number of nitrogens with one attached hydrogen (secondary N) is 1. The van der Waals surface area contributed by atoms with E-state index in [4.69, 9.17) is 0 Å². The van der Waals surface area contributed by atoms with Crippen LogP contribution < -0.4 is 4.72 Å². The van der Waals surface area contributed by atoms with Crippen LogP contribution in [0.4, 0.5) is 5.69 Å². The van der Waals surface area contributed by atoms with Gasteiger partial charge in [0.25, 0.3) is 0 Å². The van der Waals surface area contributed by atoms with Gasteiger partial charge in [0.15, 0.2) is 0 Å². The summed E-state index contributed by atoms with van der Waals surface area (Å²) >= 11 is 0. The maximum Gasteiger partial charge on any atom is 0.246 e. The van der Waals surface area contributed by atoms with E-state index < -0.39 is 10.0 Å². The maximum absolute atomic E-state index is 12.3. The number of sulfonamides is 1. The van der Waals surface area contributed by atoms with Gasteiger partial charge < -0.3 is 4.90 Å². The Morgan fingerprint density at radius 2 is 2.00 bits per heavy atom. The van der Waals surface area contributed by atoms with Gasteiger partial charge in [-0.25, -0.2) is 8.42 Å². The molecule has 0 spiro atoms. The van der Waals surface area contributed by atoms with E-state index in [1.807, 2.05) is 4.90 Å². The average Bonchev–Trinajstić information content (AvgIpc) is 2.52. The zero-order chi connectivity index (χ0) is 16.9. The number of amides is 1. The number of rotatable bonds is 5. The summed E-state index contributed by atoms with van der Waals surface area (Å²) in [5.74, 6) is 0.0508. The zero-order valence-corrected chi connectivity index (χ0v) is 14.5. The summed E-state index contributed by atoms with van der Waals surface area (Å²) in [5, 5.41) is 0. The van der Waals surface area contributed by atoms with Gasteiger partial charge in [-0.2, -0.15) is 0 Å². The van der Waals surface area contributed by atoms with Gasteiger partial charge >= 0.3 is 0 Å². The highest BCUT2D eigenvalue weighted by Crippen LogP contribution is 2.20. The molecule has 0 aliphatic carbocycles. The molecule has 1 heterocycles. The Balaban J connectivity index is 2.00. The third kappa shape index (κ3) is 5.39. The number of carbonyl (C=O) groups is 1. The molecule has 1 aromatic carbocycles. The van der Waals surface area contributed by atoms with Crippen molar-refractivity contribution in [2.75, 3.05) is 17.5 Å². The fourth-order valence-corrected chi connectivity index (χ4v) is 3.42. The van der Waals surface area contributed by atoms with Gasteiger partial charge in [0.2, 0.25) is 15.9 Å². The molecule has 6 heteroatoms. The van der Waals surface area contributed by atoms with E-state index in [0.717, 1.165) is 37.6 Å². The molecule has 1 aliphatic heterocycles. The largest absolute Gasteiger partial charge is 0.336 e. The molecule has 0 aromatic heterocycles. The van der Waals surface area contributed by atoms with Gasteiger partial charge in [0, 0.05) is 24.4 Å². The Morgan fingerprint density at radius 1 is 1.30 bits per heavy atom. The molecule has 1 amide bonds. The van der Waals surface area contributed by atoms with Crippen LogP contribution in [0.15, 0.2) is 30.3 Å². The molecule has 1 fully saturated rings. The van der Waals surface area contributed by atoms with Crippen LogP contribution in [0.2, 0.25) is 0 Å². The van der Waals surface area contributed by atoms with Crippen molar-refractivity contribution in [1.82, 2.24) is 4.90 Å². The lowest BCUT2D eigenvalue weighted by Gasteiger charge is -2.34. The van der Waals surface area contributed by atoms with E-state index in [1.165, 1.54) is 6.42 Å². The number of benzene rings is 1. The fourth-order valence-electron chi connectivity index (χ4n) is 2.85. The molecular weight excluding hydrogens is 312 g/mol. The van der Waals surface area contributed by atoms with Crippen molar-refractivity contribution < 1.29 is 13.2 Å². The molecule has 1 N–H and O–H groups in total. The van der Waals surface area contributed by atoms with E-state index in [2.05, 4.69) is 11.6 Å². The van der Waals surface area contributed by atoms with Crippen molar-refractivity contribution >= 4 is 27.7 Å². The van der Waals surface area contributed by atoms with Crippen LogP contribution in [0, 0.1) is 0 Å². The smallest absolute Gasteiger partial charge is 0.246 e. The molecule has 2 rings (SSSR count). The van der Waals surface area contributed by atoms with Crippen LogP contribution in [-0.2, 0) is 14.8 Å². The number of hydrogen-bond acceptors (Lipinski definition) is 3. The highest BCUT2D eigenvalue weighted by molar-refractivity contribution is 7.92. The Bertz CT molecular complexity index is 666. The fraction of sp³-hybridized carbons (Fsp3) is 0.471. The zero-order valence-electron chi connectivity index (χ0n) is 13.7. The highest BCUT2D eigenvalue weighted by atomic mass is 32.2. The summed E-state index contributed by atoms with van der Waals surface area (Å²) in [6, 6.07) is 7.28. The number of carbonyl (C=O) groups excluding carboxylic acids is 1. The van der Waals surface area contributed by atoms with Crippen molar-refractivity contribution in [1.29, 1.82) is 0 Å². The molecular formula is C17H24N2O3S. The molecule has 23 heavy (non-hydrogen) atoms. The van der Waals surface area contributed by atoms with Crippen LogP contribution in [0.5, 0.6) is 0 Å². The Morgan fingerprint density at radius 3 is 2.61 bits per heavy atom. The van der Waals surface area contributed by atoms with Gasteiger partial charge in [-0.3, -0.25) is 9.52 Å². The summed E-state index contributed by atoms with van der Waals surface area (Å²) < 4.78 is 24.7. The lowest BCUT2D eigenvalue weighted by atomic mass is 10.00. The molecule has 126 valence electrons. The molecule has 1 saturated heterocycles. The second-order valence-corrected chi connectivity index (χ2v) is 7.67. The Labute approximate surface area is 138 Å². The minimum atomic E-state index is -3.27. The second-order valence-electron chi connectivity index (χ2n) is 5.92. The van der Waals surface area contributed by atoms with Crippen molar-refractivity contribution in [2.24, 2.45) is 0 Å². The molecule has 0 radical (unpaired) electrons. The molecule has 0 saturated carbocycles. The summed E-state index contributed by atoms with van der Waals surface area (Å²) in [6.45, 7) is 2.95. The topological polar surface area (TPSA) is 66.5 Å². The summed E-state index contributed by atoms with van der Waals surface area (Å²) in [6.07, 6.45) is 8.83. The van der Waals surface area contributed by atoms with Crippen LogP contribution in [0.25, 0.3) is 6.08 Å². The number of anilines is 1. The van der Waals surface area contributed by atoms with Gasteiger partial charge in [0.1, 0.15) is 0 Å². The van der Waals surface area contributed by atoms with E-state index in [-0.39, 0.29) is 5.91 Å². The van der Waals surface area contributed by atoms with Crippen LogP contribution in [0.3, 0.4) is 0 Å². The predicted octanol–water partition coefficient (Wildman–Crippen LogP) is 2.86. The van der Waals surface area contributed by atoms with Crippen molar-refractivity contribution in [2.45, 2.75) is 38.6 Å². The number of hydrogen-bond donors (Lipinski definition) is 1. The SMILES string of the molecule is CCC1CCCCN1C(=O)/C=C/c1ccc(NS(C)(=O)=O)cc1. The number of piperidine rings is 1. The first-order valence-corrected chi connectivity index (χ1v) is 9.84. The first-order chi connectivity index (χ1) is 10.9. The average molecular weight is 336 g/mol. The first-order valence-electron chi connectivity index (χ1n) is 7.95. The normalized spacial score (nSPS) is 19.0. The summed E-state index contributed by atoms with van der Waals surface area (Å²) in [7, 11) is -3.27. The van der Waals surface area contributed by atoms with E-state index in [1.54, 1.807) is 36.4 Å². The first kappa shape index (κ1) is 17.5. The Kier molecular flexibility index (Phi) is 5.82. The molecule has 5 nitrogen and oxygen atoms in total. The second kappa shape index (κ2) is 7.64. The Hall–Kier alpha value is -1.82. The van der Waals surface area contributed by atoms with Gasteiger partial charge in [0.05, 0.1) is 6.26 Å². The summed E-state index contributed by atoms with van der Waals surface area (Å²) in [5.41, 5.74) is 1.38. The van der Waals surface area contributed by atoms with Gasteiger partial charge in [-0.15, -0.1) is 0 Å². The van der Waals surface area contributed by atoms with Gasteiger partial charge in [-0.05, 0) is 49.5 Å². The standard InChI is InChI=1S/C17H24N2O3S/c1-3-16-6-4-5-13-19(16)17(20)12-9-14-7-10-15(11-8-14)18-23(2,21)22/h7-12,16,18H,3-6,13H2,1-2H3/b12-9+. The quantitative estimate of drug-likeness (QED) is 0.841. The van der Waals surface area contributed by atoms with Crippen molar-refractivity contribution in [3.05, 3.63) is 35.9 Å². The minimum Gasteiger partial charge on any atom is -0.336 e. The molecule has 1 aliphatic rings. The molecule has 1 aromatic rings. The van der Waals surface area contributed by atoms with Crippen molar-refractivity contribution in [3.8, 4) is 0 Å². The highest BCUT2D eigenvalue weighted by Gasteiger charge is 2.23. The maximum atomic E-state index is 12.3. The minimum absolute atomic E-state index is 0.0508. The van der Waals surface area contributed by atoms with Gasteiger partial charge in [-0.1, -0.05) is 19.1 Å². The van der Waals surface area contributed by atoms with Crippen molar-refractivity contribution in [3.63, 3.8) is 0 Å². The third-order valence-electron chi connectivity index (χ3n) is 4.01. The lowest BCUT2D eigenvalue weighted by molar-refractivity contribution is -0.129. The van der Waals surface area contributed by atoms with E-state index in [9.17, 15) is 13.2 Å². The number of nitrogens with zero attached hydrogens (tertiary/aromatic N) is 1. The molecule has 1 atom stereocenters. The van der Waals surface area contributed by atoms with E-state index >= 15 is 0 Å². The molecule has 0 bridgehead atoms. The molecule has 1 unspecified atom stereocenters. The number of likely N-dealkylation sites (tertiary alicyclic amines) is 1. The lowest BCUT2D eigenvalue weighted by Crippen LogP contribution is -2.42.